The minimum absolute atomic E-state index is 0.0557. The lowest BCUT2D eigenvalue weighted by molar-refractivity contribution is -0.114. The van der Waals surface area contributed by atoms with Crippen LogP contribution in [0.1, 0.15) is 31.3 Å². The van der Waals surface area contributed by atoms with Gasteiger partial charge in [-0.15, -0.1) is 0 Å². The molecule has 0 bridgehead atoms. The molecule has 0 aliphatic heterocycles. The maximum absolute atomic E-state index is 12.0. The van der Waals surface area contributed by atoms with Crippen LogP contribution >= 0.6 is 0 Å². The lowest BCUT2D eigenvalue weighted by Gasteiger charge is -2.13. The molecule has 1 N–H and O–H groups in total. The molecule has 0 saturated carbocycles. The number of carbonyl (C=O) groups is 2. The Labute approximate surface area is 105 Å². The van der Waals surface area contributed by atoms with Gasteiger partial charge < -0.3 is 5.32 Å². The zero-order chi connectivity index (χ0) is 13.7. The minimum atomic E-state index is -0.437. The van der Waals surface area contributed by atoms with Crippen molar-refractivity contribution in [1.82, 2.24) is 15.0 Å². The average molecular weight is 249 g/mol. The van der Waals surface area contributed by atoms with Crippen LogP contribution in [-0.2, 0) is 4.79 Å². The van der Waals surface area contributed by atoms with Crippen molar-refractivity contribution in [2.75, 3.05) is 12.4 Å². The van der Waals surface area contributed by atoms with Gasteiger partial charge in [0.1, 0.15) is 0 Å². The molecule has 18 heavy (non-hydrogen) atoms. The van der Waals surface area contributed by atoms with Crippen molar-refractivity contribution >= 4 is 23.3 Å². The molecule has 0 aliphatic carbocycles. The van der Waals surface area contributed by atoms with Gasteiger partial charge in [-0.3, -0.25) is 9.59 Å². The van der Waals surface area contributed by atoms with Gasteiger partial charge in [0.05, 0.1) is 0 Å². The highest BCUT2D eigenvalue weighted by atomic mass is 16.2. The van der Waals surface area contributed by atoms with Gasteiger partial charge in [-0.25, -0.2) is 15.0 Å². The van der Waals surface area contributed by atoms with Crippen molar-refractivity contribution in [3.63, 3.8) is 0 Å². The van der Waals surface area contributed by atoms with E-state index >= 15 is 0 Å². The van der Waals surface area contributed by atoms with Gasteiger partial charge >= 0.3 is 0 Å². The highest BCUT2D eigenvalue weighted by Crippen LogP contribution is 2.11. The van der Waals surface area contributed by atoms with Crippen LogP contribution in [0, 0.1) is 0 Å². The molecule has 0 radical (unpaired) electrons. The maximum Gasteiger partial charge on any atom is 0.296 e. The highest BCUT2D eigenvalue weighted by Gasteiger charge is 2.18. The number of carbonyl (C=O) groups excluding carboxylic acids is 2. The summed E-state index contributed by atoms with van der Waals surface area (Å²) in [7, 11) is 1.52. The number of aromatic nitrogens is 2. The minimum Gasteiger partial charge on any atom is -0.309 e. The number of hydrogen-bond donors (Lipinski definition) is 1. The van der Waals surface area contributed by atoms with Crippen LogP contribution in [0.5, 0.6) is 0 Å². The summed E-state index contributed by atoms with van der Waals surface area (Å²) in [6.07, 6.45) is 2.78. The first-order chi connectivity index (χ1) is 8.41. The second-order valence-electron chi connectivity index (χ2n) is 3.81. The molecule has 1 heterocycles. The van der Waals surface area contributed by atoms with Crippen LogP contribution in [0.2, 0.25) is 0 Å². The Morgan fingerprint density at radius 3 is 2.39 bits per heavy atom. The van der Waals surface area contributed by atoms with Crippen LogP contribution in [-0.4, -0.2) is 39.6 Å². The molecular weight excluding hydrogens is 234 g/mol. The fraction of sp³-hybridized carbons (Fsp3) is 0.364. The lowest BCUT2D eigenvalue weighted by Crippen LogP contribution is -2.25. The van der Waals surface area contributed by atoms with Gasteiger partial charge in [0.25, 0.3) is 5.91 Å². The molecule has 0 saturated heterocycles. The van der Waals surface area contributed by atoms with E-state index < -0.39 is 5.91 Å². The summed E-state index contributed by atoms with van der Waals surface area (Å²) in [4.78, 5) is 30.9. The summed E-state index contributed by atoms with van der Waals surface area (Å²) in [6, 6.07) is 0. The van der Waals surface area contributed by atoms with Crippen molar-refractivity contribution in [2.24, 2.45) is 5.10 Å². The molecule has 1 rings (SSSR count). The van der Waals surface area contributed by atoms with E-state index in [1.54, 1.807) is 13.8 Å². The number of nitrogens with zero attached hydrogens (tertiary/aromatic N) is 4. The van der Waals surface area contributed by atoms with E-state index in [0.29, 0.717) is 0 Å². The van der Waals surface area contributed by atoms with Crippen molar-refractivity contribution in [2.45, 2.75) is 20.8 Å². The number of nitrogens with one attached hydrogen (secondary N) is 1. The van der Waals surface area contributed by atoms with Crippen molar-refractivity contribution in [3.8, 4) is 0 Å². The van der Waals surface area contributed by atoms with E-state index in [9.17, 15) is 9.59 Å². The smallest absolute Gasteiger partial charge is 0.296 e. The molecule has 96 valence electrons. The molecule has 1 aromatic heterocycles. The number of anilines is 1. The summed E-state index contributed by atoms with van der Waals surface area (Å²) in [5.41, 5.74) is 0.788. The number of hydrogen-bond acceptors (Lipinski definition) is 5. The van der Waals surface area contributed by atoms with Gasteiger partial charge in [-0.05, 0) is 13.8 Å². The normalized spacial score (nSPS) is 9.56. The summed E-state index contributed by atoms with van der Waals surface area (Å²) in [5.74, 6) is -0.624. The Bertz CT molecular complexity index is 494. The second kappa shape index (κ2) is 5.85. The largest absolute Gasteiger partial charge is 0.309 e. The summed E-state index contributed by atoms with van der Waals surface area (Å²) < 4.78 is 0. The Morgan fingerprint density at radius 2 is 1.83 bits per heavy atom. The highest BCUT2D eigenvalue weighted by molar-refractivity contribution is 6.00. The standard InChI is InChI=1S/C11H15N5O2/c1-7(2)15-16(4)11(18)9-10(14-8(3)17)13-6-5-12-9/h5-6H,1-4H3,(H,13,14,17). The molecule has 7 heteroatoms. The van der Waals surface area contributed by atoms with Crippen LogP contribution < -0.4 is 5.32 Å². The summed E-state index contributed by atoms with van der Waals surface area (Å²) >= 11 is 0. The zero-order valence-electron chi connectivity index (χ0n) is 10.8. The van der Waals surface area contributed by atoms with Gasteiger partial charge in [0.15, 0.2) is 11.5 Å². The predicted molar refractivity (Wildman–Crippen MR) is 67.2 cm³/mol. The first kappa shape index (κ1) is 13.8. The van der Waals surface area contributed by atoms with Crippen molar-refractivity contribution in [3.05, 3.63) is 18.1 Å². The monoisotopic (exact) mass is 249 g/mol. The second-order valence-corrected chi connectivity index (χ2v) is 3.81. The van der Waals surface area contributed by atoms with E-state index in [2.05, 4.69) is 20.4 Å². The third kappa shape index (κ3) is 3.62. The van der Waals surface area contributed by atoms with Crippen molar-refractivity contribution < 1.29 is 9.59 Å². The quantitative estimate of drug-likeness (QED) is 0.637. The SMILES string of the molecule is CC(=O)Nc1nccnc1C(=O)N(C)N=C(C)C. The fourth-order valence-corrected chi connectivity index (χ4v) is 1.25. The third-order valence-electron chi connectivity index (χ3n) is 1.84. The van der Waals surface area contributed by atoms with E-state index in [4.69, 9.17) is 0 Å². The van der Waals surface area contributed by atoms with Gasteiger partial charge in [-0.1, -0.05) is 0 Å². The van der Waals surface area contributed by atoms with Crippen molar-refractivity contribution in [1.29, 1.82) is 0 Å². The van der Waals surface area contributed by atoms with E-state index in [1.165, 1.54) is 26.4 Å². The molecular formula is C11H15N5O2. The molecule has 1 aromatic rings. The van der Waals surface area contributed by atoms with Gasteiger partial charge in [0.2, 0.25) is 5.91 Å². The topological polar surface area (TPSA) is 87.5 Å². The molecule has 7 nitrogen and oxygen atoms in total. The van der Waals surface area contributed by atoms with Crippen LogP contribution in [0.3, 0.4) is 0 Å². The molecule has 0 aromatic carbocycles. The average Bonchev–Trinajstić information content (AvgIpc) is 2.27. The third-order valence-corrected chi connectivity index (χ3v) is 1.84. The Morgan fingerprint density at radius 1 is 1.22 bits per heavy atom. The number of rotatable bonds is 3. The molecule has 0 fully saturated rings. The van der Waals surface area contributed by atoms with E-state index in [1.807, 2.05) is 0 Å². The zero-order valence-corrected chi connectivity index (χ0v) is 10.8. The number of amides is 2. The molecule has 2 amide bonds. The first-order valence-electron chi connectivity index (χ1n) is 5.30. The fourth-order valence-electron chi connectivity index (χ4n) is 1.25. The molecule has 0 unspecified atom stereocenters. The predicted octanol–water partition coefficient (Wildman–Crippen LogP) is 0.903. The molecule has 0 spiro atoms. The Balaban J connectivity index is 3.05. The maximum atomic E-state index is 12.0. The summed E-state index contributed by atoms with van der Waals surface area (Å²) in [5, 5.41) is 7.61. The Hall–Kier alpha value is -2.31. The van der Waals surface area contributed by atoms with Crippen LogP contribution in [0.15, 0.2) is 17.5 Å². The lowest BCUT2D eigenvalue weighted by atomic mass is 10.3. The Kier molecular flexibility index (Phi) is 4.47. The summed E-state index contributed by atoms with van der Waals surface area (Å²) in [6.45, 7) is 4.88. The number of hydrazone groups is 1. The van der Waals surface area contributed by atoms with Gasteiger partial charge in [-0.2, -0.15) is 5.10 Å². The van der Waals surface area contributed by atoms with E-state index in [0.717, 1.165) is 10.7 Å². The first-order valence-corrected chi connectivity index (χ1v) is 5.30. The van der Waals surface area contributed by atoms with Crippen LogP contribution in [0.25, 0.3) is 0 Å². The van der Waals surface area contributed by atoms with E-state index in [-0.39, 0.29) is 17.4 Å². The molecule has 0 aliphatic rings. The molecule has 0 atom stereocenters. The van der Waals surface area contributed by atoms with Gasteiger partial charge in [0, 0.05) is 32.1 Å². The van der Waals surface area contributed by atoms with Crippen LogP contribution in [0.4, 0.5) is 5.82 Å².